The molecular formula is C21H27IN4O. The average molecular weight is 478 g/mol. The zero-order chi connectivity index (χ0) is 18.5. The summed E-state index contributed by atoms with van der Waals surface area (Å²) in [5, 5.41) is 7.83. The maximum absolute atomic E-state index is 5.94. The molecule has 27 heavy (non-hydrogen) atoms. The van der Waals surface area contributed by atoms with Crippen molar-refractivity contribution in [3.05, 3.63) is 65.4 Å². The fourth-order valence-corrected chi connectivity index (χ4v) is 2.88. The van der Waals surface area contributed by atoms with Gasteiger partial charge in [0.15, 0.2) is 5.96 Å². The fraction of sp³-hybridized carbons (Fsp3) is 0.286. The summed E-state index contributed by atoms with van der Waals surface area (Å²) < 4.78 is 5.94. The SMILES string of the molecule is CN=C(NCc1ccc(N(C)C)cc1)NCc1oc2ccccc2c1C.I. The Morgan fingerprint density at radius 3 is 2.30 bits per heavy atom. The smallest absolute Gasteiger partial charge is 0.191 e. The van der Waals surface area contributed by atoms with Gasteiger partial charge in [0.2, 0.25) is 0 Å². The van der Waals surface area contributed by atoms with E-state index in [9.17, 15) is 0 Å². The number of anilines is 1. The Morgan fingerprint density at radius 2 is 1.67 bits per heavy atom. The Balaban J connectivity index is 0.00000261. The van der Waals surface area contributed by atoms with Crippen LogP contribution in [-0.2, 0) is 13.1 Å². The van der Waals surface area contributed by atoms with Gasteiger partial charge in [0, 0.05) is 44.3 Å². The predicted molar refractivity (Wildman–Crippen MR) is 124 cm³/mol. The Kier molecular flexibility index (Phi) is 7.53. The van der Waals surface area contributed by atoms with Crippen LogP contribution in [0.15, 0.2) is 57.9 Å². The lowest BCUT2D eigenvalue weighted by Gasteiger charge is -2.14. The van der Waals surface area contributed by atoms with Gasteiger partial charge in [0.25, 0.3) is 0 Å². The molecule has 0 aliphatic heterocycles. The number of fused-ring (bicyclic) bond motifs is 1. The van der Waals surface area contributed by atoms with E-state index >= 15 is 0 Å². The van der Waals surface area contributed by atoms with E-state index in [0.717, 1.165) is 22.7 Å². The van der Waals surface area contributed by atoms with Crippen LogP contribution < -0.4 is 15.5 Å². The minimum absolute atomic E-state index is 0. The van der Waals surface area contributed by atoms with E-state index in [1.54, 1.807) is 7.05 Å². The highest BCUT2D eigenvalue weighted by atomic mass is 127. The second-order valence-electron chi connectivity index (χ2n) is 6.49. The first-order valence-electron chi connectivity index (χ1n) is 8.76. The average Bonchev–Trinajstić information content (AvgIpc) is 2.98. The molecule has 144 valence electrons. The summed E-state index contributed by atoms with van der Waals surface area (Å²) in [4.78, 5) is 6.38. The first kappa shape index (κ1) is 21.1. The number of nitrogens with one attached hydrogen (secondary N) is 2. The number of hydrogen-bond acceptors (Lipinski definition) is 3. The zero-order valence-corrected chi connectivity index (χ0v) is 18.6. The number of rotatable bonds is 5. The lowest BCUT2D eigenvalue weighted by Crippen LogP contribution is -2.36. The van der Waals surface area contributed by atoms with Crippen molar-refractivity contribution in [2.45, 2.75) is 20.0 Å². The van der Waals surface area contributed by atoms with Gasteiger partial charge in [-0.1, -0.05) is 30.3 Å². The number of benzene rings is 2. The van der Waals surface area contributed by atoms with Gasteiger partial charge >= 0.3 is 0 Å². The highest BCUT2D eigenvalue weighted by molar-refractivity contribution is 14.0. The maximum atomic E-state index is 5.94. The Labute approximate surface area is 177 Å². The van der Waals surface area contributed by atoms with Gasteiger partial charge in [-0.2, -0.15) is 0 Å². The van der Waals surface area contributed by atoms with Crippen LogP contribution in [0.4, 0.5) is 5.69 Å². The third-order valence-corrected chi connectivity index (χ3v) is 4.50. The largest absolute Gasteiger partial charge is 0.459 e. The molecule has 0 saturated heterocycles. The first-order chi connectivity index (χ1) is 12.6. The quantitative estimate of drug-likeness (QED) is 0.327. The normalized spacial score (nSPS) is 11.2. The first-order valence-corrected chi connectivity index (χ1v) is 8.76. The van der Waals surface area contributed by atoms with E-state index in [2.05, 4.69) is 57.8 Å². The van der Waals surface area contributed by atoms with E-state index in [1.807, 2.05) is 32.3 Å². The summed E-state index contributed by atoms with van der Waals surface area (Å²) in [5.74, 6) is 1.69. The van der Waals surface area contributed by atoms with Crippen LogP contribution in [0.5, 0.6) is 0 Å². The van der Waals surface area contributed by atoms with Gasteiger partial charge in [-0.3, -0.25) is 4.99 Å². The number of furan rings is 1. The van der Waals surface area contributed by atoms with Gasteiger partial charge in [0.05, 0.1) is 6.54 Å². The highest BCUT2D eigenvalue weighted by Crippen LogP contribution is 2.24. The van der Waals surface area contributed by atoms with Crippen molar-refractivity contribution in [3.63, 3.8) is 0 Å². The van der Waals surface area contributed by atoms with E-state index in [0.29, 0.717) is 13.1 Å². The number of aliphatic imine (C=N–C) groups is 1. The van der Waals surface area contributed by atoms with Crippen LogP contribution in [0.2, 0.25) is 0 Å². The third kappa shape index (κ3) is 5.15. The summed E-state index contributed by atoms with van der Waals surface area (Å²) in [6, 6.07) is 16.6. The molecule has 0 saturated carbocycles. The van der Waals surface area contributed by atoms with Gasteiger partial charge in [0.1, 0.15) is 11.3 Å². The van der Waals surface area contributed by atoms with Crippen molar-refractivity contribution in [1.29, 1.82) is 0 Å². The van der Waals surface area contributed by atoms with E-state index < -0.39 is 0 Å². The minimum Gasteiger partial charge on any atom is -0.459 e. The van der Waals surface area contributed by atoms with Gasteiger partial charge in [-0.05, 0) is 30.7 Å². The summed E-state index contributed by atoms with van der Waals surface area (Å²) >= 11 is 0. The van der Waals surface area contributed by atoms with Crippen LogP contribution >= 0.6 is 24.0 Å². The van der Waals surface area contributed by atoms with Crippen molar-refractivity contribution in [2.24, 2.45) is 4.99 Å². The molecule has 3 rings (SSSR count). The summed E-state index contributed by atoms with van der Waals surface area (Å²) in [6.07, 6.45) is 0. The number of para-hydroxylation sites is 1. The van der Waals surface area contributed by atoms with Crippen LogP contribution in [0.25, 0.3) is 11.0 Å². The summed E-state index contributed by atoms with van der Waals surface area (Å²) in [5.41, 5.74) is 4.49. The minimum atomic E-state index is 0. The van der Waals surface area contributed by atoms with E-state index in [1.165, 1.54) is 16.8 Å². The molecule has 0 atom stereocenters. The van der Waals surface area contributed by atoms with Crippen molar-refractivity contribution < 1.29 is 4.42 Å². The third-order valence-electron chi connectivity index (χ3n) is 4.50. The maximum Gasteiger partial charge on any atom is 0.191 e. The highest BCUT2D eigenvalue weighted by Gasteiger charge is 2.10. The molecule has 0 radical (unpaired) electrons. The Morgan fingerprint density at radius 1 is 1.00 bits per heavy atom. The predicted octanol–water partition coefficient (Wildman–Crippen LogP) is 4.29. The molecule has 1 aromatic heterocycles. The molecule has 0 spiro atoms. The molecule has 2 N–H and O–H groups in total. The van der Waals surface area contributed by atoms with Gasteiger partial charge in [-0.15, -0.1) is 24.0 Å². The van der Waals surface area contributed by atoms with Crippen molar-refractivity contribution >= 4 is 46.6 Å². The number of hydrogen-bond donors (Lipinski definition) is 2. The molecule has 2 aromatic carbocycles. The number of nitrogens with zero attached hydrogens (tertiary/aromatic N) is 2. The number of aryl methyl sites for hydroxylation is 1. The lowest BCUT2D eigenvalue weighted by molar-refractivity contribution is 0.534. The molecule has 5 nitrogen and oxygen atoms in total. The van der Waals surface area contributed by atoms with Crippen molar-refractivity contribution in [1.82, 2.24) is 10.6 Å². The molecule has 0 unspecified atom stereocenters. The zero-order valence-electron chi connectivity index (χ0n) is 16.2. The summed E-state index contributed by atoms with van der Waals surface area (Å²) in [7, 11) is 5.86. The summed E-state index contributed by atoms with van der Waals surface area (Å²) in [6.45, 7) is 3.40. The molecule has 0 fully saturated rings. The van der Waals surface area contributed by atoms with Crippen LogP contribution in [0.3, 0.4) is 0 Å². The van der Waals surface area contributed by atoms with E-state index in [-0.39, 0.29) is 24.0 Å². The lowest BCUT2D eigenvalue weighted by atomic mass is 10.1. The Bertz CT molecular complexity index is 900. The molecule has 1 heterocycles. The molecule has 3 aromatic rings. The monoisotopic (exact) mass is 478 g/mol. The second kappa shape index (κ2) is 9.64. The number of guanidine groups is 1. The molecule has 0 amide bonds. The standard InChI is InChI=1S/C21H26N4O.HI/c1-15-18-7-5-6-8-19(18)26-20(15)14-24-21(22-2)23-13-16-9-11-17(12-10-16)25(3)4;/h5-12H,13-14H2,1-4H3,(H2,22,23,24);1H. The van der Waals surface area contributed by atoms with Gasteiger partial charge in [-0.25, -0.2) is 0 Å². The van der Waals surface area contributed by atoms with Gasteiger partial charge < -0.3 is 20.0 Å². The van der Waals surface area contributed by atoms with Crippen molar-refractivity contribution in [3.8, 4) is 0 Å². The van der Waals surface area contributed by atoms with Crippen LogP contribution in [0, 0.1) is 6.92 Å². The van der Waals surface area contributed by atoms with Crippen LogP contribution in [-0.4, -0.2) is 27.1 Å². The molecule has 0 aliphatic rings. The second-order valence-corrected chi connectivity index (χ2v) is 6.49. The van der Waals surface area contributed by atoms with Crippen LogP contribution in [0.1, 0.15) is 16.9 Å². The topological polar surface area (TPSA) is 52.8 Å². The molecule has 0 bridgehead atoms. The fourth-order valence-electron chi connectivity index (χ4n) is 2.88. The molecular weight excluding hydrogens is 451 g/mol. The Hall–Kier alpha value is -2.22. The van der Waals surface area contributed by atoms with Crippen molar-refractivity contribution in [2.75, 3.05) is 26.0 Å². The molecule has 0 aliphatic carbocycles. The number of halogens is 1. The molecule has 6 heteroatoms. The van der Waals surface area contributed by atoms with E-state index in [4.69, 9.17) is 4.42 Å².